The average molecular weight is 310 g/mol. The normalized spacial score (nSPS) is 18.4. The van der Waals surface area contributed by atoms with Crippen LogP contribution >= 0.6 is 23.8 Å². The van der Waals surface area contributed by atoms with Crippen LogP contribution in [0.1, 0.15) is 18.5 Å². The second kappa shape index (κ2) is 5.81. The molecule has 2 N–H and O–H groups in total. The highest BCUT2D eigenvalue weighted by molar-refractivity contribution is 7.80. The van der Waals surface area contributed by atoms with Crippen molar-refractivity contribution in [2.75, 3.05) is 14.1 Å². The van der Waals surface area contributed by atoms with Crippen molar-refractivity contribution in [2.45, 2.75) is 13.0 Å². The third kappa shape index (κ3) is 2.78. The molecule has 1 aromatic rings. The first kappa shape index (κ1) is 14.8. The Kier molecular flexibility index (Phi) is 4.30. The van der Waals surface area contributed by atoms with Crippen LogP contribution in [-0.2, 0) is 4.79 Å². The molecule has 1 heterocycles. The lowest BCUT2D eigenvalue weighted by molar-refractivity contribution is -0.125. The van der Waals surface area contributed by atoms with E-state index in [1.807, 2.05) is 25.1 Å². The number of amides is 1. The number of halogens is 1. The van der Waals surface area contributed by atoms with Crippen LogP contribution in [-0.4, -0.2) is 30.0 Å². The van der Waals surface area contributed by atoms with Crippen molar-refractivity contribution in [3.05, 3.63) is 46.1 Å². The average Bonchev–Trinajstić information content (AvgIpc) is 2.37. The number of nitrogens with zero attached hydrogens (tertiary/aromatic N) is 1. The Morgan fingerprint density at radius 3 is 2.60 bits per heavy atom. The Balaban J connectivity index is 2.54. The van der Waals surface area contributed by atoms with Crippen LogP contribution in [0.25, 0.3) is 0 Å². The second-order valence-electron chi connectivity index (χ2n) is 4.79. The van der Waals surface area contributed by atoms with E-state index in [0.717, 1.165) is 11.3 Å². The molecule has 1 amide bonds. The van der Waals surface area contributed by atoms with Crippen LogP contribution in [0.5, 0.6) is 0 Å². The van der Waals surface area contributed by atoms with Crippen LogP contribution in [0.3, 0.4) is 0 Å². The minimum absolute atomic E-state index is 0.0741. The van der Waals surface area contributed by atoms with E-state index >= 15 is 0 Å². The minimum atomic E-state index is -0.340. The molecule has 1 aliphatic heterocycles. The van der Waals surface area contributed by atoms with Gasteiger partial charge in [-0.2, -0.15) is 0 Å². The van der Waals surface area contributed by atoms with E-state index < -0.39 is 0 Å². The molecule has 0 saturated carbocycles. The number of carbonyl (C=O) groups is 1. The van der Waals surface area contributed by atoms with Gasteiger partial charge in [0.25, 0.3) is 5.91 Å². The van der Waals surface area contributed by atoms with Crippen molar-refractivity contribution >= 4 is 34.8 Å². The van der Waals surface area contributed by atoms with Crippen molar-refractivity contribution < 1.29 is 4.79 Å². The van der Waals surface area contributed by atoms with Gasteiger partial charge >= 0.3 is 0 Å². The summed E-state index contributed by atoms with van der Waals surface area (Å²) >= 11 is 11.4. The first-order valence-corrected chi connectivity index (χ1v) is 6.94. The van der Waals surface area contributed by atoms with Crippen molar-refractivity contribution in [1.29, 1.82) is 0 Å². The van der Waals surface area contributed by atoms with Gasteiger partial charge in [-0.1, -0.05) is 29.8 Å². The van der Waals surface area contributed by atoms with Crippen LogP contribution in [0.4, 0.5) is 0 Å². The summed E-state index contributed by atoms with van der Waals surface area (Å²) in [6, 6.07) is 7.10. The number of likely N-dealkylation sites (N-methyl/N-ethyl adjacent to an activating group) is 1. The molecule has 1 aromatic carbocycles. The van der Waals surface area contributed by atoms with Gasteiger partial charge in [0.15, 0.2) is 5.11 Å². The topological polar surface area (TPSA) is 44.4 Å². The number of nitrogens with one attached hydrogen (secondary N) is 2. The highest BCUT2D eigenvalue weighted by Gasteiger charge is 2.31. The maximum atomic E-state index is 12.4. The zero-order chi connectivity index (χ0) is 14.9. The summed E-state index contributed by atoms with van der Waals surface area (Å²) in [6.07, 6.45) is 0. The van der Waals surface area contributed by atoms with Crippen molar-refractivity contribution in [3.8, 4) is 0 Å². The molecule has 0 aliphatic carbocycles. The molecule has 0 unspecified atom stereocenters. The van der Waals surface area contributed by atoms with Crippen molar-refractivity contribution in [3.63, 3.8) is 0 Å². The quantitative estimate of drug-likeness (QED) is 0.822. The molecule has 1 atom stereocenters. The van der Waals surface area contributed by atoms with Gasteiger partial charge in [-0.05, 0) is 30.8 Å². The Morgan fingerprint density at radius 2 is 2.00 bits per heavy atom. The van der Waals surface area contributed by atoms with Gasteiger partial charge in [-0.25, -0.2) is 0 Å². The van der Waals surface area contributed by atoms with E-state index in [4.69, 9.17) is 23.8 Å². The zero-order valence-electron chi connectivity index (χ0n) is 11.5. The first-order chi connectivity index (χ1) is 9.41. The van der Waals surface area contributed by atoms with E-state index in [1.54, 1.807) is 25.1 Å². The lowest BCUT2D eigenvalue weighted by Gasteiger charge is -2.32. The fourth-order valence-electron chi connectivity index (χ4n) is 2.16. The third-order valence-corrected chi connectivity index (χ3v) is 3.69. The molecule has 0 bridgehead atoms. The summed E-state index contributed by atoms with van der Waals surface area (Å²) in [5, 5.41) is 7.21. The van der Waals surface area contributed by atoms with Crippen molar-refractivity contribution in [2.24, 2.45) is 0 Å². The third-order valence-electron chi connectivity index (χ3n) is 3.12. The number of allylic oxidation sites excluding steroid dienone is 1. The molecule has 0 aromatic heterocycles. The second-order valence-corrected chi connectivity index (χ2v) is 5.61. The molecular weight excluding hydrogens is 294 g/mol. The maximum Gasteiger partial charge on any atom is 0.253 e. The zero-order valence-corrected chi connectivity index (χ0v) is 13.1. The largest absolute Gasteiger partial charge is 0.351 e. The number of hydrogen-bond acceptors (Lipinski definition) is 2. The monoisotopic (exact) mass is 309 g/mol. The standard InChI is InChI=1S/C14H16ClN3OS/c1-8-11(13(19)18(2)3)12(17-14(20)16-8)9-6-4-5-7-10(9)15/h4-7,12H,1-3H3,(H2,16,17,20)/t12-/m1/s1. The number of carbonyl (C=O) groups excluding carboxylic acids is 1. The molecule has 20 heavy (non-hydrogen) atoms. The van der Waals surface area contributed by atoms with Gasteiger partial charge in [-0.3, -0.25) is 4.79 Å². The lowest BCUT2D eigenvalue weighted by atomic mass is 9.94. The summed E-state index contributed by atoms with van der Waals surface area (Å²) in [6.45, 7) is 1.84. The molecular formula is C14H16ClN3OS. The minimum Gasteiger partial charge on any atom is -0.351 e. The van der Waals surface area contributed by atoms with Gasteiger partial charge in [0.2, 0.25) is 0 Å². The highest BCUT2D eigenvalue weighted by Crippen LogP contribution is 2.31. The van der Waals surface area contributed by atoms with E-state index in [1.165, 1.54) is 0 Å². The predicted octanol–water partition coefficient (Wildman–Crippen LogP) is 2.22. The molecule has 0 radical (unpaired) electrons. The van der Waals surface area contributed by atoms with E-state index in [0.29, 0.717) is 15.7 Å². The molecule has 0 fully saturated rings. The summed E-state index contributed by atoms with van der Waals surface area (Å²) < 4.78 is 0. The molecule has 0 spiro atoms. The predicted molar refractivity (Wildman–Crippen MR) is 84.5 cm³/mol. The first-order valence-electron chi connectivity index (χ1n) is 6.16. The number of rotatable bonds is 2. The van der Waals surface area contributed by atoms with Crippen molar-refractivity contribution in [1.82, 2.24) is 15.5 Å². The summed E-state index contributed by atoms with van der Waals surface area (Å²) in [5.41, 5.74) is 2.21. The van der Waals surface area contributed by atoms with Crippen LogP contribution in [0.2, 0.25) is 5.02 Å². The summed E-state index contributed by atoms with van der Waals surface area (Å²) in [4.78, 5) is 14.0. The van der Waals surface area contributed by atoms with Gasteiger partial charge in [0.1, 0.15) is 0 Å². The van der Waals surface area contributed by atoms with Crippen LogP contribution < -0.4 is 10.6 Å². The molecule has 1 aliphatic rings. The fourth-order valence-corrected chi connectivity index (χ4v) is 2.68. The highest BCUT2D eigenvalue weighted by atomic mass is 35.5. The molecule has 106 valence electrons. The Bertz CT molecular complexity index is 598. The van der Waals surface area contributed by atoms with E-state index in [-0.39, 0.29) is 11.9 Å². The molecule has 0 saturated heterocycles. The summed E-state index contributed by atoms with van der Waals surface area (Å²) in [7, 11) is 3.44. The van der Waals surface area contributed by atoms with E-state index in [2.05, 4.69) is 10.6 Å². The van der Waals surface area contributed by atoms with Crippen LogP contribution in [0, 0.1) is 0 Å². The Morgan fingerprint density at radius 1 is 1.35 bits per heavy atom. The molecule has 4 nitrogen and oxygen atoms in total. The Labute approximate surface area is 128 Å². The van der Waals surface area contributed by atoms with E-state index in [9.17, 15) is 4.79 Å². The number of benzene rings is 1. The van der Waals surface area contributed by atoms with Gasteiger partial charge in [-0.15, -0.1) is 0 Å². The van der Waals surface area contributed by atoms with Gasteiger partial charge in [0.05, 0.1) is 11.6 Å². The lowest BCUT2D eigenvalue weighted by Crippen LogP contribution is -2.46. The number of thiocarbonyl (C=S) groups is 1. The van der Waals surface area contributed by atoms with Gasteiger partial charge < -0.3 is 15.5 Å². The smallest absolute Gasteiger partial charge is 0.253 e. The summed E-state index contributed by atoms with van der Waals surface area (Å²) in [5.74, 6) is -0.0741. The molecule has 2 rings (SSSR count). The van der Waals surface area contributed by atoms with Gasteiger partial charge in [0, 0.05) is 24.8 Å². The number of hydrogen-bond donors (Lipinski definition) is 2. The SMILES string of the molecule is CC1=C(C(=O)N(C)C)[C@@H](c2ccccc2Cl)NC(=S)N1. The maximum absolute atomic E-state index is 12.4. The molecule has 6 heteroatoms. The fraction of sp³-hybridized carbons (Fsp3) is 0.286. The van der Waals surface area contributed by atoms with Crippen LogP contribution in [0.15, 0.2) is 35.5 Å². The Hall–Kier alpha value is -1.59.